The van der Waals surface area contributed by atoms with Gasteiger partial charge in [-0.1, -0.05) is 70.5 Å². The third kappa shape index (κ3) is 5.61. The Morgan fingerprint density at radius 2 is 1.92 bits per heavy atom. The molecule has 6 heteroatoms. The van der Waals surface area contributed by atoms with E-state index in [1.54, 1.807) is 0 Å². The van der Waals surface area contributed by atoms with E-state index >= 15 is 0 Å². The molecular formula is C33H50N2O4. The highest BCUT2D eigenvalue weighted by molar-refractivity contribution is 5.70. The van der Waals surface area contributed by atoms with Crippen LogP contribution in [0.4, 0.5) is 0 Å². The molecule has 2 aliphatic carbocycles. The molecule has 3 rings (SSSR count). The zero-order valence-corrected chi connectivity index (χ0v) is 25.1. The summed E-state index contributed by atoms with van der Waals surface area (Å²) < 4.78 is 6.44. The molecule has 6 nitrogen and oxygen atoms in total. The van der Waals surface area contributed by atoms with E-state index in [4.69, 9.17) is 10.5 Å². The molecular weight excluding hydrogens is 488 g/mol. The number of ether oxygens (including phenoxy) is 1. The number of carbonyl (C=O) groups excluding carboxylic acids is 1. The molecule has 0 saturated carbocycles. The summed E-state index contributed by atoms with van der Waals surface area (Å²) in [5, 5.41) is 23.6. The summed E-state index contributed by atoms with van der Waals surface area (Å²) in [5.74, 6) is -1.40. The van der Waals surface area contributed by atoms with E-state index in [9.17, 15) is 15.0 Å². The Labute approximate surface area is 235 Å². The van der Waals surface area contributed by atoms with Crippen LogP contribution in [0.15, 0.2) is 53.8 Å². The minimum Gasteiger partial charge on any atom is -0.461 e. The molecule has 1 aromatic rings. The minimum atomic E-state index is -1.57. The van der Waals surface area contributed by atoms with Crippen molar-refractivity contribution < 1.29 is 19.7 Å². The summed E-state index contributed by atoms with van der Waals surface area (Å²) >= 11 is 0. The average molecular weight is 539 g/mol. The van der Waals surface area contributed by atoms with Crippen molar-refractivity contribution in [1.82, 2.24) is 4.90 Å². The number of hydrogen-bond donors (Lipinski definition) is 3. The first kappa shape index (κ1) is 31.1. The van der Waals surface area contributed by atoms with Crippen LogP contribution in [0.3, 0.4) is 0 Å². The van der Waals surface area contributed by atoms with Gasteiger partial charge in [-0.2, -0.15) is 0 Å². The fourth-order valence-electron chi connectivity index (χ4n) is 7.00. The second-order valence-corrected chi connectivity index (χ2v) is 12.0. The first-order valence-electron chi connectivity index (χ1n) is 14.4. The molecule has 0 radical (unpaired) electrons. The number of aliphatic hydroxyl groups excluding tert-OH is 1. The first-order valence-corrected chi connectivity index (χ1v) is 14.4. The van der Waals surface area contributed by atoms with Crippen LogP contribution in [0.1, 0.15) is 76.0 Å². The van der Waals surface area contributed by atoms with Gasteiger partial charge in [0.05, 0.1) is 12.5 Å². The van der Waals surface area contributed by atoms with Gasteiger partial charge in [0.25, 0.3) is 0 Å². The van der Waals surface area contributed by atoms with Crippen molar-refractivity contribution in [2.45, 2.75) is 90.4 Å². The fraction of sp³-hybridized carbons (Fsp3) is 0.606. The number of hydrogen-bond acceptors (Lipinski definition) is 6. The van der Waals surface area contributed by atoms with Gasteiger partial charge < -0.3 is 25.6 Å². The second-order valence-electron chi connectivity index (χ2n) is 12.0. The van der Waals surface area contributed by atoms with E-state index in [0.29, 0.717) is 24.1 Å². The quantitative estimate of drug-likeness (QED) is 0.208. The molecule has 0 aromatic heterocycles. The molecule has 2 aliphatic rings. The Morgan fingerprint density at radius 3 is 2.49 bits per heavy atom. The Hall–Kier alpha value is -2.41. The normalized spacial score (nSPS) is 27.9. The Morgan fingerprint density at radius 1 is 1.26 bits per heavy atom. The zero-order chi connectivity index (χ0) is 29.2. The number of nitrogens with two attached hydrogens (primary N) is 1. The highest BCUT2D eigenvalue weighted by Gasteiger charge is 2.59. The molecule has 0 spiro atoms. The second kappa shape index (κ2) is 12.4. The number of aryl methyl sites for hydroxylation is 1. The van der Waals surface area contributed by atoms with Crippen molar-refractivity contribution in [3.63, 3.8) is 0 Å². The molecule has 0 bridgehead atoms. The summed E-state index contributed by atoms with van der Waals surface area (Å²) in [4.78, 5) is 15.3. The predicted molar refractivity (Wildman–Crippen MR) is 158 cm³/mol. The van der Waals surface area contributed by atoms with E-state index in [1.165, 1.54) is 16.7 Å². The third-order valence-electron chi connectivity index (χ3n) is 9.57. The van der Waals surface area contributed by atoms with E-state index < -0.39 is 23.7 Å². The van der Waals surface area contributed by atoms with Crippen molar-refractivity contribution in [3.05, 3.63) is 70.5 Å². The van der Waals surface area contributed by atoms with E-state index in [1.807, 2.05) is 32.8 Å². The van der Waals surface area contributed by atoms with Crippen molar-refractivity contribution >= 4 is 5.97 Å². The van der Waals surface area contributed by atoms with E-state index in [-0.39, 0.29) is 30.3 Å². The number of esters is 1. The highest BCUT2D eigenvalue weighted by atomic mass is 16.5. The van der Waals surface area contributed by atoms with Crippen molar-refractivity contribution in [2.24, 2.45) is 23.5 Å². The Kier molecular flexibility index (Phi) is 9.90. The number of likely N-dealkylation sites (N-methyl/N-ethyl adjacent to an activating group) is 1. The molecule has 0 amide bonds. The molecule has 0 fully saturated rings. The third-order valence-corrected chi connectivity index (χ3v) is 9.57. The molecule has 4 N–H and O–H groups in total. The van der Waals surface area contributed by atoms with E-state index in [2.05, 4.69) is 52.1 Å². The molecule has 0 saturated heterocycles. The highest BCUT2D eigenvalue weighted by Crippen LogP contribution is 2.56. The SMILES string of the molecule is C=C(N)C(C)C(=C)[C@@]1(O)C(C)=C2Cc3c(C)cccc3[C@H](C)[C@H]2[C@H](OC(=O)CCCCC)[C@H]1[C@@H](CO)N(C)C. The van der Waals surface area contributed by atoms with Crippen LogP contribution in [0.2, 0.25) is 0 Å². The zero-order valence-electron chi connectivity index (χ0n) is 25.1. The first-order chi connectivity index (χ1) is 18.3. The lowest BCUT2D eigenvalue weighted by atomic mass is 9.54. The number of fused-ring (bicyclic) bond motifs is 2. The predicted octanol–water partition coefficient (Wildman–Crippen LogP) is 5.03. The van der Waals surface area contributed by atoms with Crippen LogP contribution in [-0.2, 0) is 16.0 Å². The molecule has 39 heavy (non-hydrogen) atoms. The molecule has 216 valence electrons. The van der Waals surface area contributed by atoms with Gasteiger partial charge in [0.15, 0.2) is 0 Å². The van der Waals surface area contributed by atoms with Gasteiger partial charge in [-0.25, -0.2) is 0 Å². The number of nitrogens with zero attached hydrogens (tertiary/aromatic N) is 1. The van der Waals surface area contributed by atoms with Gasteiger partial charge in [-0.3, -0.25) is 4.79 Å². The van der Waals surface area contributed by atoms with Gasteiger partial charge in [0.2, 0.25) is 0 Å². The molecule has 7 atom stereocenters. The van der Waals surface area contributed by atoms with Gasteiger partial charge >= 0.3 is 5.97 Å². The van der Waals surface area contributed by atoms with Crippen LogP contribution in [-0.4, -0.2) is 59.5 Å². The Bertz CT molecular complexity index is 1120. The molecule has 0 aliphatic heterocycles. The average Bonchev–Trinajstić information content (AvgIpc) is 2.88. The summed E-state index contributed by atoms with van der Waals surface area (Å²) in [6, 6.07) is 5.88. The van der Waals surface area contributed by atoms with Crippen molar-refractivity contribution in [1.29, 1.82) is 0 Å². The summed E-state index contributed by atoms with van der Waals surface area (Å²) in [6.45, 7) is 18.4. The number of benzene rings is 1. The van der Waals surface area contributed by atoms with Gasteiger partial charge in [0, 0.05) is 30.0 Å². The topological polar surface area (TPSA) is 96.0 Å². The summed E-state index contributed by atoms with van der Waals surface area (Å²) in [5.41, 5.74) is 11.1. The van der Waals surface area contributed by atoms with Gasteiger partial charge in [0.1, 0.15) is 11.7 Å². The van der Waals surface area contributed by atoms with Crippen LogP contribution in [0, 0.1) is 24.7 Å². The molecule has 0 heterocycles. The number of allylic oxidation sites excluding steroid dienone is 1. The summed E-state index contributed by atoms with van der Waals surface area (Å²) in [6.07, 6.45) is 3.05. The number of unbranched alkanes of at least 4 members (excludes halogenated alkanes) is 2. The lowest BCUT2D eigenvalue weighted by Crippen LogP contribution is -2.64. The fourth-order valence-corrected chi connectivity index (χ4v) is 7.00. The monoisotopic (exact) mass is 538 g/mol. The van der Waals surface area contributed by atoms with Crippen LogP contribution in [0.25, 0.3) is 0 Å². The van der Waals surface area contributed by atoms with Crippen molar-refractivity contribution in [2.75, 3.05) is 20.7 Å². The van der Waals surface area contributed by atoms with Gasteiger partial charge in [-0.15, -0.1) is 0 Å². The van der Waals surface area contributed by atoms with Gasteiger partial charge in [-0.05, 0) is 74.5 Å². The van der Waals surface area contributed by atoms with E-state index in [0.717, 1.165) is 30.4 Å². The number of rotatable bonds is 11. The maximum Gasteiger partial charge on any atom is 0.306 e. The van der Waals surface area contributed by atoms with Crippen molar-refractivity contribution in [3.8, 4) is 0 Å². The smallest absolute Gasteiger partial charge is 0.306 e. The minimum absolute atomic E-state index is 0.0516. The standard InChI is InChI=1S/C33H50N2O4/c1-10-11-12-16-29(37)39-32-30-21(4)25-15-13-14-19(2)26(25)17-27(30)23(6)33(38,22(5)20(3)24(7)34)31(32)28(18-36)35(8)9/h13-15,20-21,28,30-32,36,38H,5,7,10-12,16-18,34H2,1-4,6,8-9H3/t20?,21-,28+,30+,31+,32-,33+/m0/s1. The lowest BCUT2D eigenvalue weighted by Gasteiger charge is -2.56. The number of aliphatic hydroxyl groups is 2. The molecule has 1 aromatic carbocycles. The maximum atomic E-state index is 13.3. The van der Waals surface area contributed by atoms with Crippen LogP contribution >= 0.6 is 0 Å². The largest absolute Gasteiger partial charge is 0.461 e. The maximum absolute atomic E-state index is 13.3. The summed E-state index contributed by atoms with van der Waals surface area (Å²) in [7, 11) is 3.76. The Balaban J connectivity index is 2.31. The lowest BCUT2D eigenvalue weighted by molar-refractivity contribution is -0.169. The van der Waals surface area contributed by atoms with Crippen LogP contribution < -0.4 is 5.73 Å². The molecule has 1 unspecified atom stereocenters. The number of carbonyl (C=O) groups is 1. The van der Waals surface area contributed by atoms with Crippen LogP contribution in [0.5, 0.6) is 0 Å².